The Balaban J connectivity index is 2.35. The Morgan fingerprint density at radius 3 is 2.50 bits per heavy atom. The Labute approximate surface area is 97.1 Å². The highest BCUT2D eigenvalue weighted by Crippen LogP contribution is 2.10. The zero-order chi connectivity index (χ0) is 11.8. The fourth-order valence-corrected chi connectivity index (χ4v) is 1.64. The second-order valence-electron chi connectivity index (χ2n) is 3.78. The average molecular weight is 221 g/mol. The number of piperidine rings is 1. The minimum Gasteiger partial charge on any atom is -0.445 e. The summed E-state index contributed by atoms with van der Waals surface area (Å²) >= 11 is 0. The fraction of sp³-hybridized carbons (Fsp3) is 0.462. The van der Waals surface area contributed by atoms with Crippen LogP contribution < -0.4 is 0 Å². The largest absolute Gasteiger partial charge is 0.445 e. The summed E-state index contributed by atoms with van der Waals surface area (Å²) in [6, 6.07) is 0. The first-order valence-corrected chi connectivity index (χ1v) is 5.63. The van der Waals surface area contributed by atoms with Crippen molar-refractivity contribution < 1.29 is 9.53 Å². The molecule has 0 saturated carbocycles. The van der Waals surface area contributed by atoms with E-state index < -0.39 is 0 Å². The Bertz CT molecular complexity index is 288. The topological polar surface area (TPSA) is 29.5 Å². The number of amides is 1. The SMILES string of the molecule is C=C/C=C(\C=C)COC(=O)N1CCCCC1. The van der Waals surface area contributed by atoms with Gasteiger partial charge in [0.2, 0.25) is 0 Å². The molecule has 0 aromatic carbocycles. The quantitative estimate of drug-likeness (QED) is 0.683. The molecule has 1 aliphatic heterocycles. The molecule has 0 N–H and O–H groups in total. The highest BCUT2D eigenvalue weighted by molar-refractivity contribution is 5.68. The van der Waals surface area contributed by atoms with E-state index in [1.54, 1.807) is 23.1 Å². The zero-order valence-electron chi connectivity index (χ0n) is 9.65. The molecule has 16 heavy (non-hydrogen) atoms. The number of carbonyl (C=O) groups is 1. The van der Waals surface area contributed by atoms with Crippen molar-refractivity contribution in [3.63, 3.8) is 0 Å². The second-order valence-corrected chi connectivity index (χ2v) is 3.78. The predicted molar refractivity (Wildman–Crippen MR) is 65.2 cm³/mol. The predicted octanol–water partition coefficient (Wildman–Crippen LogP) is 2.91. The molecule has 0 spiro atoms. The van der Waals surface area contributed by atoms with Gasteiger partial charge in [-0.25, -0.2) is 4.79 Å². The highest BCUT2D eigenvalue weighted by Gasteiger charge is 2.17. The van der Waals surface area contributed by atoms with E-state index in [-0.39, 0.29) is 12.7 Å². The van der Waals surface area contributed by atoms with Crippen LogP contribution in [-0.4, -0.2) is 30.7 Å². The summed E-state index contributed by atoms with van der Waals surface area (Å²) in [7, 11) is 0. The van der Waals surface area contributed by atoms with Crippen molar-refractivity contribution in [1.29, 1.82) is 0 Å². The molecule has 0 bridgehead atoms. The van der Waals surface area contributed by atoms with Crippen LogP contribution in [0.4, 0.5) is 4.79 Å². The van der Waals surface area contributed by atoms with E-state index in [1.807, 2.05) is 0 Å². The summed E-state index contributed by atoms with van der Waals surface area (Å²) in [6.45, 7) is 9.13. The Kier molecular flexibility index (Phi) is 5.40. The third kappa shape index (κ3) is 3.93. The van der Waals surface area contributed by atoms with Crippen LogP contribution in [0.2, 0.25) is 0 Å². The zero-order valence-corrected chi connectivity index (χ0v) is 9.65. The van der Waals surface area contributed by atoms with Gasteiger partial charge >= 0.3 is 6.09 Å². The van der Waals surface area contributed by atoms with Gasteiger partial charge in [0.05, 0.1) is 0 Å². The van der Waals surface area contributed by atoms with Gasteiger partial charge in [-0.2, -0.15) is 0 Å². The summed E-state index contributed by atoms with van der Waals surface area (Å²) in [4.78, 5) is 13.4. The van der Waals surface area contributed by atoms with Crippen LogP contribution in [0, 0.1) is 0 Å². The Morgan fingerprint density at radius 1 is 1.25 bits per heavy atom. The van der Waals surface area contributed by atoms with Gasteiger partial charge in [0.1, 0.15) is 6.61 Å². The van der Waals surface area contributed by atoms with Gasteiger partial charge in [-0.3, -0.25) is 0 Å². The lowest BCUT2D eigenvalue weighted by Gasteiger charge is -2.25. The molecule has 0 aliphatic carbocycles. The van der Waals surface area contributed by atoms with Crippen molar-refractivity contribution in [2.24, 2.45) is 0 Å². The molecule has 0 unspecified atom stereocenters. The Morgan fingerprint density at radius 2 is 1.94 bits per heavy atom. The van der Waals surface area contributed by atoms with Gasteiger partial charge in [0.25, 0.3) is 0 Å². The van der Waals surface area contributed by atoms with Gasteiger partial charge in [0.15, 0.2) is 0 Å². The van der Waals surface area contributed by atoms with E-state index in [4.69, 9.17) is 4.74 Å². The molecular formula is C13H19NO2. The smallest absolute Gasteiger partial charge is 0.410 e. The number of ether oxygens (including phenoxy) is 1. The van der Waals surface area contributed by atoms with E-state index in [0.29, 0.717) is 0 Å². The maximum absolute atomic E-state index is 11.6. The van der Waals surface area contributed by atoms with E-state index in [9.17, 15) is 4.79 Å². The first kappa shape index (κ1) is 12.6. The van der Waals surface area contributed by atoms with Gasteiger partial charge in [0, 0.05) is 13.1 Å². The lowest BCUT2D eigenvalue weighted by atomic mass is 10.1. The summed E-state index contributed by atoms with van der Waals surface area (Å²) in [5.74, 6) is 0. The van der Waals surface area contributed by atoms with Crippen LogP contribution in [0.25, 0.3) is 0 Å². The van der Waals surface area contributed by atoms with Crippen LogP contribution in [0.1, 0.15) is 19.3 Å². The van der Waals surface area contributed by atoms with Crippen LogP contribution in [0.15, 0.2) is 37.0 Å². The summed E-state index contributed by atoms with van der Waals surface area (Å²) in [5.41, 5.74) is 0.861. The summed E-state index contributed by atoms with van der Waals surface area (Å²) < 4.78 is 5.19. The molecule has 0 aromatic rings. The monoisotopic (exact) mass is 221 g/mol. The highest BCUT2D eigenvalue weighted by atomic mass is 16.6. The minimum atomic E-state index is -0.225. The number of nitrogens with zero attached hydrogens (tertiary/aromatic N) is 1. The Hall–Kier alpha value is -1.51. The first-order valence-electron chi connectivity index (χ1n) is 5.63. The third-order valence-electron chi connectivity index (χ3n) is 2.57. The van der Waals surface area contributed by atoms with Crippen LogP contribution in [0.5, 0.6) is 0 Å². The number of allylic oxidation sites excluding steroid dienone is 2. The number of likely N-dealkylation sites (tertiary alicyclic amines) is 1. The standard InChI is InChI=1S/C13H19NO2/c1-3-8-12(4-2)11-16-13(15)14-9-6-5-7-10-14/h3-4,8H,1-2,5-7,9-11H2/b12-8+. The molecule has 1 heterocycles. The molecule has 3 heteroatoms. The molecule has 1 amide bonds. The van der Waals surface area contributed by atoms with E-state index in [0.717, 1.165) is 31.5 Å². The third-order valence-corrected chi connectivity index (χ3v) is 2.57. The maximum Gasteiger partial charge on any atom is 0.410 e. The van der Waals surface area contributed by atoms with Gasteiger partial charge in [-0.05, 0) is 24.8 Å². The molecule has 88 valence electrons. The van der Waals surface area contributed by atoms with Gasteiger partial charge in [-0.1, -0.05) is 31.4 Å². The lowest BCUT2D eigenvalue weighted by molar-refractivity contribution is 0.103. The average Bonchev–Trinajstić information content (AvgIpc) is 2.35. The number of hydrogen-bond acceptors (Lipinski definition) is 2. The first-order chi connectivity index (χ1) is 7.77. The molecule has 1 rings (SSSR count). The minimum absolute atomic E-state index is 0.225. The molecule has 1 fully saturated rings. The van der Waals surface area contributed by atoms with Crippen molar-refractivity contribution in [2.45, 2.75) is 19.3 Å². The van der Waals surface area contributed by atoms with Gasteiger partial charge in [-0.15, -0.1) is 0 Å². The van der Waals surface area contributed by atoms with E-state index in [1.165, 1.54) is 6.42 Å². The molecule has 3 nitrogen and oxygen atoms in total. The van der Waals surface area contributed by atoms with E-state index in [2.05, 4.69) is 13.2 Å². The van der Waals surface area contributed by atoms with Crippen LogP contribution in [-0.2, 0) is 4.74 Å². The van der Waals surface area contributed by atoms with Crippen LogP contribution in [0.3, 0.4) is 0 Å². The van der Waals surface area contributed by atoms with Crippen molar-refractivity contribution >= 4 is 6.09 Å². The lowest BCUT2D eigenvalue weighted by Crippen LogP contribution is -2.36. The fourth-order valence-electron chi connectivity index (χ4n) is 1.64. The number of rotatable bonds is 4. The molecule has 0 radical (unpaired) electrons. The van der Waals surface area contributed by atoms with E-state index >= 15 is 0 Å². The summed E-state index contributed by atoms with van der Waals surface area (Å²) in [5, 5.41) is 0. The van der Waals surface area contributed by atoms with Crippen molar-refractivity contribution in [1.82, 2.24) is 4.90 Å². The summed E-state index contributed by atoms with van der Waals surface area (Å²) in [6.07, 6.45) is 8.25. The normalized spacial score (nSPS) is 16.8. The molecule has 0 aromatic heterocycles. The van der Waals surface area contributed by atoms with Crippen molar-refractivity contribution in [2.75, 3.05) is 19.7 Å². The van der Waals surface area contributed by atoms with Crippen molar-refractivity contribution in [3.8, 4) is 0 Å². The van der Waals surface area contributed by atoms with Crippen LogP contribution >= 0.6 is 0 Å². The van der Waals surface area contributed by atoms with Gasteiger partial charge < -0.3 is 9.64 Å². The van der Waals surface area contributed by atoms with Crippen molar-refractivity contribution in [3.05, 3.63) is 37.0 Å². The molecule has 1 aliphatic rings. The maximum atomic E-state index is 11.6. The number of carbonyl (C=O) groups excluding carboxylic acids is 1. The number of hydrogen-bond donors (Lipinski definition) is 0. The second kappa shape index (κ2) is 6.88. The molecule has 0 atom stereocenters. The molecular weight excluding hydrogens is 202 g/mol. The molecule has 1 saturated heterocycles.